The molecule has 1 saturated heterocycles. The molecule has 1 aromatic carbocycles. The first-order valence-electron chi connectivity index (χ1n) is 6.76. The van der Waals surface area contributed by atoms with Gasteiger partial charge in [-0.25, -0.2) is 0 Å². The Morgan fingerprint density at radius 1 is 1.32 bits per heavy atom. The van der Waals surface area contributed by atoms with Crippen LogP contribution in [0.1, 0.15) is 23.2 Å². The standard InChI is InChI=1S/C15H21BrN2O/c1-17(2)11-12-7-9-18(10-8-12)15(19)13-5-3-4-6-14(13)16/h3-6,12H,7-11H2,1-2H3. The fraction of sp³-hybridized carbons (Fsp3) is 0.533. The predicted molar refractivity (Wildman–Crippen MR) is 81.3 cm³/mol. The van der Waals surface area contributed by atoms with Crippen molar-refractivity contribution in [2.24, 2.45) is 5.92 Å². The number of carbonyl (C=O) groups is 1. The van der Waals surface area contributed by atoms with Crippen molar-refractivity contribution in [3.8, 4) is 0 Å². The molecule has 0 bridgehead atoms. The quantitative estimate of drug-likeness (QED) is 0.853. The Labute approximate surface area is 123 Å². The Hall–Kier alpha value is -0.870. The fourth-order valence-electron chi connectivity index (χ4n) is 2.64. The Bertz CT molecular complexity index is 440. The summed E-state index contributed by atoms with van der Waals surface area (Å²) >= 11 is 3.45. The number of hydrogen-bond donors (Lipinski definition) is 0. The van der Waals surface area contributed by atoms with Crippen molar-refractivity contribution in [2.75, 3.05) is 33.7 Å². The molecule has 0 radical (unpaired) electrons. The number of carbonyl (C=O) groups excluding carboxylic acids is 1. The average Bonchev–Trinajstić information content (AvgIpc) is 2.39. The summed E-state index contributed by atoms with van der Waals surface area (Å²) in [5.74, 6) is 0.869. The number of nitrogens with zero attached hydrogens (tertiary/aromatic N) is 2. The van der Waals surface area contributed by atoms with Gasteiger partial charge < -0.3 is 9.80 Å². The highest BCUT2D eigenvalue weighted by atomic mass is 79.9. The zero-order valence-electron chi connectivity index (χ0n) is 11.6. The van der Waals surface area contributed by atoms with Gasteiger partial charge in [0.25, 0.3) is 5.91 Å². The number of likely N-dealkylation sites (tertiary alicyclic amines) is 1. The van der Waals surface area contributed by atoms with E-state index in [2.05, 4.69) is 34.9 Å². The molecule has 0 spiro atoms. The molecular formula is C15H21BrN2O. The van der Waals surface area contributed by atoms with Gasteiger partial charge in [-0.3, -0.25) is 4.79 Å². The molecule has 4 heteroatoms. The lowest BCUT2D eigenvalue weighted by molar-refractivity contribution is 0.0677. The molecule has 0 N–H and O–H groups in total. The summed E-state index contributed by atoms with van der Waals surface area (Å²) in [6, 6.07) is 7.66. The molecule has 0 aliphatic carbocycles. The van der Waals surface area contributed by atoms with Gasteiger partial charge in [-0.2, -0.15) is 0 Å². The Morgan fingerprint density at radius 3 is 2.53 bits per heavy atom. The molecule has 0 aromatic heterocycles. The predicted octanol–water partition coefficient (Wildman–Crippen LogP) is 2.86. The third kappa shape index (κ3) is 3.80. The van der Waals surface area contributed by atoms with Crippen LogP contribution < -0.4 is 0 Å². The Kier molecular flexibility index (Phi) is 4.99. The number of amides is 1. The van der Waals surface area contributed by atoms with Gasteiger partial charge in [0.1, 0.15) is 0 Å². The topological polar surface area (TPSA) is 23.6 Å². The van der Waals surface area contributed by atoms with Crippen molar-refractivity contribution in [1.82, 2.24) is 9.80 Å². The first-order chi connectivity index (χ1) is 9.08. The Morgan fingerprint density at radius 2 is 1.95 bits per heavy atom. The van der Waals surface area contributed by atoms with Crippen molar-refractivity contribution in [1.29, 1.82) is 0 Å². The molecule has 1 aliphatic rings. The smallest absolute Gasteiger partial charge is 0.254 e. The summed E-state index contributed by atoms with van der Waals surface area (Å²) < 4.78 is 0.885. The number of piperidine rings is 1. The van der Waals surface area contributed by atoms with E-state index in [4.69, 9.17) is 0 Å². The van der Waals surface area contributed by atoms with E-state index in [0.29, 0.717) is 0 Å². The Balaban J connectivity index is 1.95. The summed E-state index contributed by atoms with van der Waals surface area (Å²) in [5.41, 5.74) is 0.772. The zero-order valence-corrected chi connectivity index (χ0v) is 13.2. The SMILES string of the molecule is CN(C)CC1CCN(C(=O)c2ccccc2Br)CC1. The number of rotatable bonds is 3. The van der Waals surface area contributed by atoms with Gasteiger partial charge in [-0.05, 0) is 60.9 Å². The van der Waals surface area contributed by atoms with E-state index < -0.39 is 0 Å². The fourth-order valence-corrected chi connectivity index (χ4v) is 3.09. The molecule has 0 saturated carbocycles. The molecule has 19 heavy (non-hydrogen) atoms. The molecule has 1 fully saturated rings. The lowest BCUT2D eigenvalue weighted by Gasteiger charge is -2.33. The first kappa shape index (κ1) is 14.5. The molecule has 1 aromatic rings. The zero-order chi connectivity index (χ0) is 13.8. The molecule has 1 heterocycles. The van der Waals surface area contributed by atoms with Crippen LogP contribution in [0, 0.1) is 5.92 Å². The van der Waals surface area contributed by atoms with E-state index >= 15 is 0 Å². The molecule has 1 aliphatic heterocycles. The largest absolute Gasteiger partial charge is 0.339 e. The summed E-state index contributed by atoms with van der Waals surface area (Å²) in [6.07, 6.45) is 2.21. The third-order valence-electron chi connectivity index (χ3n) is 3.63. The molecule has 2 rings (SSSR count). The molecule has 1 amide bonds. The van der Waals surface area contributed by atoms with E-state index in [1.807, 2.05) is 29.2 Å². The van der Waals surface area contributed by atoms with E-state index in [1.165, 1.54) is 0 Å². The molecule has 0 unspecified atom stereocenters. The highest BCUT2D eigenvalue weighted by Gasteiger charge is 2.24. The van der Waals surface area contributed by atoms with Gasteiger partial charge in [-0.1, -0.05) is 12.1 Å². The maximum atomic E-state index is 12.4. The monoisotopic (exact) mass is 324 g/mol. The van der Waals surface area contributed by atoms with Crippen LogP contribution in [0.2, 0.25) is 0 Å². The van der Waals surface area contributed by atoms with Gasteiger partial charge in [0.05, 0.1) is 5.56 Å². The van der Waals surface area contributed by atoms with Crippen LogP contribution in [0.15, 0.2) is 28.7 Å². The lowest BCUT2D eigenvalue weighted by atomic mass is 9.96. The normalized spacial score (nSPS) is 16.9. The van der Waals surface area contributed by atoms with Gasteiger partial charge in [0.15, 0.2) is 0 Å². The van der Waals surface area contributed by atoms with Crippen LogP contribution in [0.4, 0.5) is 0 Å². The van der Waals surface area contributed by atoms with Crippen LogP contribution in [-0.4, -0.2) is 49.4 Å². The van der Waals surface area contributed by atoms with Crippen molar-refractivity contribution >= 4 is 21.8 Å². The molecule has 3 nitrogen and oxygen atoms in total. The molecule has 104 valence electrons. The van der Waals surface area contributed by atoms with E-state index in [9.17, 15) is 4.79 Å². The third-order valence-corrected chi connectivity index (χ3v) is 4.32. The minimum Gasteiger partial charge on any atom is -0.339 e. The summed E-state index contributed by atoms with van der Waals surface area (Å²) in [7, 11) is 4.22. The average molecular weight is 325 g/mol. The van der Waals surface area contributed by atoms with Crippen molar-refractivity contribution in [2.45, 2.75) is 12.8 Å². The summed E-state index contributed by atoms with van der Waals surface area (Å²) in [4.78, 5) is 16.6. The van der Waals surface area contributed by atoms with E-state index in [-0.39, 0.29) is 5.91 Å². The van der Waals surface area contributed by atoms with Gasteiger partial charge >= 0.3 is 0 Å². The second kappa shape index (κ2) is 6.53. The minimum absolute atomic E-state index is 0.149. The van der Waals surface area contributed by atoms with Crippen LogP contribution in [0.25, 0.3) is 0 Å². The highest BCUT2D eigenvalue weighted by molar-refractivity contribution is 9.10. The minimum atomic E-state index is 0.149. The first-order valence-corrected chi connectivity index (χ1v) is 7.55. The van der Waals surface area contributed by atoms with Gasteiger partial charge in [0, 0.05) is 24.1 Å². The van der Waals surface area contributed by atoms with E-state index in [1.54, 1.807) is 0 Å². The van der Waals surface area contributed by atoms with Gasteiger partial charge in [0.2, 0.25) is 0 Å². The summed E-state index contributed by atoms with van der Waals surface area (Å²) in [6.45, 7) is 2.87. The van der Waals surface area contributed by atoms with Crippen LogP contribution in [-0.2, 0) is 0 Å². The lowest BCUT2D eigenvalue weighted by Crippen LogP contribution is -2.40. The van der Waals surface area contributed by atoms with E-state index in [0.717, 1.165) is 48.4 Å². The van der Waals surface area contributed by atoms with Crippen molar-refractivity contribution in [3.63, 3.8) is 0 Å². The van der Waals surface area contributed by atoms with Crippen LogP contribution in [0.5, 0.6) is 0 Å². The molecule has 0 atom stereocenters. The highest BCUT2D eigenvalue weighted by Crippen LogP contribution is 2.22. The van der Waals surface area contributed by atoms with Crippen LogP contribution >= 0.6 is 15.9 Å². The number of halogens is 1. The second-order valence-corrected chi connectivity index (χ2v) is 6.33. The second-order valence-electron chi connectivity index (χ2n) is 5.48. The maximum absolute atomic E-state index is 12.4. The summed E-state index contributed by atoms with van der Waals surface area (Å²) in [5, 5.41) is 0. The van der Waals surface area contributed by atoms with Crippen LogP contribution in [0.3, 0.4) is 0 Å². The van der Waals surface area contributed by atoms with Crippen molar-refractivity contribution in [3.05, 3.63) is 34.3 Å². The van der Waals surface area contributed by atoms with Crippen molar-refractivity contribution < 1.29 is 4.79 Å². The number of benzene rings is 1. The maximum Gasteiger partial charge on any atom is 0.254 e. The molecular weight excluding hydrogens is 304 g/mol. The number of hydrogen-bond acceptors (Lipinski definition) is 2. The van der Waals surface area contributed by atoms with Gasteiger partial charge in [-0.15, -0.1) is 0 Å².